The molecule has 0 atom stereocenters. The molecule has 2 saturated heterocycles. The molecule has 1 aromatic heterocycles. The number of rotatable bonds is 4. The fourth-order valence-corrected chi connectivity index (χ4v) is 4.90. The summed E-state index contributed by atoms with van der Waals surface area (Å²) in [6.45, 7) is 5.52. The first-order valence-corrected chi connectivity index (χ1v) is 10.6. The maximum atomic E-state index is 5.69. The summed E-state index contributed by atoms with van der Waals surface area (Å²) >= 11 is 0. The van der Waals surface area contributed by atoms with Crippen LogP contribution < -0.4 is 14.8 Å². The number of fused-ring (bicyclic) bond motifs is 2. The third kappa shape index (κ3) is 2.98. The monoisotopic (exact) mass is 390 g/mol. The molecule has 0 unspecified atom stereocenters. The predicted molar refractivity (Wildman–Crippen MR) is 111 cm³/mol. The number of hydrogen-bond acceptors (Lipinski definition) is 5. The Balaban J connectivity index is 1.21. The topological polar surface area (TPSA) is 51.6 Å². The normalized spacial score (nSPS) is 20.3. The van der Waals surface area contributed by atoms with Crippen molar-refractivity contribution in [2.24, 2.45) is 0 Å². The summed E-state index contributed by atoms with van der Waals surface area (Å²) in [5.74, 6) is 3.62. The first-order chi connectivity index (χ1) is 14.4. The summed E-state index contributed by atoms with van der Waals surface area (Å²) in [5, 5.41) is 3.41. The van der Waals surface area contributed by atoms with Gasteiger partial charge in [0.25, 0.3) is 0 Å². The number of piperidine rings is 1. The number of para-hydroxylation sites is 3. The van der Waals surface area contributed by atoms with Crippen molar-refractivity contribution in [2.45, 2.75) is 31.3 Å². The number of hydrogen-bond donors (Lipinski definition) is 1. The van der Waals surface area contributed by atoms with Crippen molar-refractivity contribution in [1.82, 2.24) is 19.8 Å². The smallest absolute Gasteiger partial charge is 0.231 e. The van der Waals surface area contributed by atoms with Crippen molar-refractivity contribution in [3.63, 3.8) is 0 Å². The Morgan fingerprint density at radius 1 is 1.00 bits per heavy atom. The molecule has 1 N–H and O–H groups in total. The lowest BCUT2D eigenvalue weighted by molar-refractivity contribution is 0.164. The summed E-state index contributed by atoms with van der Waals surface area (Å²) < 4.78 is 13.8. The number of aromatic nitrogens is 2. The zero-order chi connectivity index (χ0) is 19.2. The lowest BCUT2D eigenvalue weighted by atomic mass is 9.99. The minimum atomic E-state index is 0.334. The van der Waals surface area contributed by atoms with Gasteiger partial charge in [0.15, 0.2) is 11.5 Å². The Labute approximate surface area is 170 Å². The van der Waals surface area contributed by atoms with Crippen LogP contribution in [0.3, 0.4) is 0 Å². The third-order valence-electron chi connectivity index (χ3n) is 6.56. The number of benzene rings is 2. The lowest BCUT2D eigenvalue weighted by Gasteiger charge is -2.35. The molecule has 6 rings (SSSR count). The first-order valence-electron chi connectivity index (χ1n) is 10.6. The zero-order valence-electron chi connectivity index (χ0n) is 16.5. The van der Waals surface area contributed by atoms with Crippen LogP contribution in [-0.2, 0) is 6.54 Å². The Morgan fingerprint density at radius 2 is 1.86 bits per heavy atom. The van der Waals surface area contributed by atoms with Crippen molar-refractivity contribution in [3.05, 3.63) is 53.9 Å². The van der Waals surface area contributed by atoms with Gasteiger partial charge < -0.3 is 19.4 Å². The second kappa shape index (κ2) is 7.04. The fourth-order valence-electron chi connectivity index (χ4n) is 4.90. The molecule has 2 aromatic carbocycles. The van der Waals surface area contributed by atoms with E-state index in [9.17, 15) is 0 Å². The van der Waals surface area contributed by atoms with Gasteiger partial charge in [-0.15, -0.1) is 0 Å². The maximum absolute atomic E-state index is 5.69. The molecule has 4 heterocycles. The van der Waals surface area contributed by atoms with Gasteiger partial charge in [-0.3, -0.25) is 4.90 Å². The molecule has 0 saturated carbocycles. The summed E-state index contributed by atoms with van der Waals surface area (Å²) in [7, 11) is 0. The Bertz CT molecular complexity index is 1030. The number of imidazole rings is 1. The van der Waals surface area contributed by atoms with Crippen molar-refractivity contribution in [1.29, 1.82) is 0 Å². The van der Waals surface area contributed by atoms with Gasteiger partial charge in [0.1, 0.15) is 5.82 Å². The van der Waals surface area contributed by atoms with Gasteiger partial charge >= 0.3 is 0 Å². The van der Waals surface area contributed by atoms with E-state index in [1.165, 1.54) is 16.9 Å². The Hall–Kier alpha value is -2.57. The SMILES string of the molecule is c1cc(CN2CCC(n3c(C4CNC4)nc4ccccc43)CC2)c2c(c1)OCO2. The molecule has 0 aliphatic carbocycles. The highest BCUT2D eigenvalue weighted by Crippen LogP contribution is 2.37. The summed E-state index contributed by atoms with van der Waals surface area (Å²) in [5.41, 5.74) is 3.65. The molecular formula is C23H26N4O2. The molecule has 2 fully saturated rings. The van der Waals surface area contributed by atoms with Gasteiger partial charge in [-0.1, -0.05) is 24.3 Å². The molecule has 150 valence electrons. The Morgan fingerprint density at radius 3 is 2.69 bits per heavy atom. The van der Waals surface area contributed by atoms with E-state index in [4.69, 9.17) is 14.5 Å². The summed E-state index contributed by atoms with van der Waals surface area (Å²) in [6, 6.07) is 15.3. The van der Waals surface area contributed by atoms with E-state index in [-0.39, 0.29) is 0 Å². The average molecular weight is 390 g/mol. The quantitative estimate of drug-likeness (QED) is 0.741. The highest BCUT2D eigenvalue weighted by molar-refractivity contribution is 5.76. The van der Waals surface area contributed by atoms with Gasteiger partial charge in [0.2, 0.25) is 6.79 Å². The molecule has 6 heteroatoms. The maximum Gasteiger partial charge on any atom is 0.231 e. The standard InChI is InChI=1S/C23H26N4O2/c1-2-6-20-19(5-1)25-23(17-12-24-13-17)27(20)18-8-10-26(11-9-18)14-16-4-3-7-21-22(16)29-15-28-21/h1-7,17-18,24H,8-15H2. The van der Waals surface area contributed by atoms with E-state index < -0.39 is 0 Å². The van der Waals surface area contributed by atoms with Crippen LogP contribution in [-0.4, -0.2) is 47.4 Å². The molecule has 0 bridgehead atoms. The van der Waals surface area contributed by atoms with Crippen LogP contribution in [0.4, 0.5) is 0 Å². The molecule has 0 radical (unpaired) electrons. The Kier molecular flexibility index (Phi) is 4.20. The van der Waals surface area contributed by atoms with Crippen molar-refractivity contribution in [2.75, 3.05) is 33.0 Å². The van der Waals surface area contributed by atoms with E-state index in [0.717, 1.165) is 62.6 Å². The minimum Gasteiger partial charge on any atom is -0.454 e. The van der Waals surface area contributed by atoms with E-state index in [1.54, 1.807) is 0 Å². The van der Waals surface area contributed by atoms with E-state index >= 15 is 0 Å². The van der Waals surface area contributed by atoms with Crippen LogP contribution in [0, 0.1) is 0 Å². The van der Waals surface area contributed by atoms with Crippen LogP contribution in [0.25, 0.3) is 11.0 Å². The van der Waals surface area contributed by atoms with E-state index in [0.29, 0.717) is 18.8 Å². The second-order valence-corrected chi connectivity index (χ2v) is 8.34. The van der Waals surface area contributed by atoms with Crippen LogP contribution >= 0.6 is 0 Å². The summed E-state index contributed by atoms with van der Waals surface area (Å²) in [6.07, 6.45) is 2.31. The van der Waals surface area contributed by atoms with Crippen LogP contribution in [0.15, 0.2) is 42.5 Å². The largest absolute Gasteiger partial charge is 0.454 e. The molecule has 0 amide bonds. The van der Waals surface area contributed by atoms with Crippen molar-refractivity contribution >= 4 is 11.0 Å². The summed E-state index contributed by atoms with van der Waals surface area (Å²) in [4.78, 5) is 7.55. The number of likely N-dealkylation sites (tertiary alicyclic amines) is 1. The second-order valence-electron chi connectivity index (χ2n) is 8.34. The van der Waals surface area contributed by atoms with Crippen molar-refractivity contribution in [3.8, 4) is 11.5 Å². The van der Waals surface area contributed by atoms with Gasteiger partial charge in [-0.25, -0.2) is 4.98 Å². The van der Waals surface area contributed by atoms with Gasteiger partial charge in [-0.05, 0) is 31.0 Å². The van der Waals surface area contributed by atoms with Crippen LogP contribution in [0.2, 0.25) is 0 Å². The average Bonchev–Trinajstić information content (AvgIpc) is 3.33. The van der Waals surface area contributed by atoms with Crippen molar-refractivity contribution < 1.29 is 9.47 Å². The number of nitrogens with one attached hydrogen (secondary N) is 1. The van der Waals surface area contributed by atoms with Gasteiger partial charge in [0, 0.05) is 50.2 Å². The highest BCUT2D eigenvalue weighted by atomic mass is 16.7. The molecule has 29 heavy (non-hydrogen) atoms. The highest BCUT2D eigenvalue weighted by Gasteiger charge is 2.30. The van der Waals surface area contributed by atoms with Gasteiger partial charge in [0.05, 0.1) is 11.0 Å². The van der Waals surface area contributed by atoms with Gasteiger partial charge in [-0.2, -0.15) is 0 Å². The van der Waals surface area contributed by atoms with Crippen LogP contribution in [0.5, 0.6) is 11.5 Å². The first kappa shape index (κ1) is 17.3. The molecular weight excluding hydrogens is 364 g/mol. The fraction of sp³-hybridized carbons (Fsp3) is 0.435. The minimum absolute atomic E-state index is 0.334. The number of nitrogens with zero attached hydrogens (tertiary/aromatic N) is 3. The predicted octanol–water partition coefficient (Wildman–Crippen LogP) is 3.29. The van der Waals surface area contributed by atoms with Crippen LogP contribution in [0.1, 0.15) is 36.2 Å². The molecule has 6 nitrogen and oxygen atoms in total. The molecule has 3 aliphatic heterocycles. The molecule has 3 aliphatic rings. The molecule has 0 spiro atoms. The zero-order valence-corrected chi connectivity index (χ0v) is 16.5. The number of ether oxygens (including phenoxy) is 2. The van der Waals surface area contributed by atoms with E-state index in [1.807, 2.05) is 6.07 Å². The third-order valence-corrected chi connectivity index (χ3v) is 6.56. The van der Waals surface area contributed by atoms with E-state index in [2.05, 4.69) is 51.2 Å². The molecule has 3 aromatic rings. The lowest BCUT2D eigenvalue weighted by Crippen LogP contribution is -2.42.